The Morgan fingerprint density at radius 2 is 2.04 bits per heavy atom. The van der Waals surface area contributed by atoms with Gasteiger partial charge in [-0.2, -0.15) is 0 Å². The van der Waals surface area contributed by atoms with Gasteiger partial charge < -0.3 is 20.9 Å². The van der Waals surface area contributed by atoms with Gasteiger partial charge in [-0.15, -0.1) is 0 Å². The molecule has 0 radical (unpaired) electrons. The molecule has 0 aliphatic carbocycles. The summed E-state index contributed by atoms with van der Waals surface area (Å²) >= 11 is 5.85. The molecule has 0 unspecified atom stereocenters. The molecule has 1 saturated heterocycles. The van der Waals surface area contributed by atoms with E-state index in [0.29, 0.717) is 17.0 Å². The van der Waals surface area contributed by atoms with Crippen molar-refractivity contribution < 1.29 is 9.59 Å². The summed E-state index contributed by atoms with van der Waals surface area (Å²) in [4.78, 5) is 38.9. The summed E-state index contributed by atoms with van der Waals surface area (Å²) in [5, 5.41) is 8.97. The minimum atomic E-state index is -0.719. The van der Waals surface area contributed by atoms with Crippen molar-refractivity contribution in [3.63, 3.8) is 0 Å². The summed E-state index contributed by atoms with van der Waals surface area (Å²) in [5.74, 6) is -0.303. The molecule has 1 fully saturated rings. The Kier molecular flexibility index (Phi) is 6.49. The van der Waals surface area contributed by atoms with Gasteiger partial charge in [0.25, 0.3) is 5.56 Å². The number of pyridine rings is 1. The summed E-state index contributed by atoms with van der Waals surface area (Å²) in [5.41, 5.74) is 1.23. The number of benzene rings is 1. The lowest BCUT2D eigenvalue weighted by Gasteiger charge is -2.17. The Morgan fingerprint density at radius 3 is 2.79 bits per heavy atom. The normalized spacial score (nSPS) is 19.8. The molecular formula is C20H23ClN4O3. The zero-order valence-corrected chi connectivity index (χ0v) is 16.3. The Labute approximate surface area is 167 Å². The third-order valence-electron chi connectivity index (χ3n) is 4.87. The molecule has 1 aliphatic rings. The number of carbonyl (C=O) groups excluding carboxylic acids is 2. The van der Waals surface area contributed by atoms with Gasteiger partial charge in [0.15, 0.2) is 0 Å². The van der Waals surface area contributed by atoms with Crippen LogP contribution in [0, 0.1) is 0 Å². The van der Waals surface area contributed by atoms with E-state index in [1.807, 2.05) is 18.2 Å². The molecule has 2 aromatic rings. The Morgan fingerprint density at radius 1 is 1.29 bits per heavy atom. The fraction of sp³-hybridized carbons (Fsp3) is 0.350. The molecule has 2 heterocycles. The third-order valence-corrected chi connectivity index (χ3v) is 5.09. The number of amides is 2. The molecule has 0 saturated carbocycles. The van der Waals surface area contributed by atoms with Gasteiger partial charge in [0.05, 0.1) is 11.1 Å². The summed E-state index contributed by atoms with van der Waals surface area (Å²) in [6.07, 6.45) is 2.07. The van der Waals surface area contributed by atoms with Crippen LogP contribution in [-0.2, 0) is 16.1 Å². The molecule has 28 heavy (non-hydrogen) atoms. The van der Waals surface area contributed by atoms with Crippen molar-refractivity contribution >= 4 is 23.4 Å². The van der Waals surface area contributed by atoms with E-state index in [4.69, 9.17) is 11.6 Å². The molecular weight excluding hydrogens is 380 g/mol. The topological polar surface area (TPSA) is 103 Å². The highest BCUT2D eigenvalue weighted by Crippen LogP contribution is 2.25. The predicted octanol–water partition coefficient (Wildman–Crippen LogP) is 1.29. The van der Waals surface area contributed by atoms with Crippen LogP contribution in [0.4, 0.5) is 0 Å². The van der Waals surface area contributed by atoms with Crippen LogP contribution >= 0.6 is 11.6 Å². The zero-order chi connectivity index (χ0) is 20.1. The highest BCUT2D eigenvalue weighted by Gasteiger charge is 2.31. The van der Waals surface area contributed by atoms with Crippen molar-refractivity contribution in [3.05, 3.63) is 69.1 Å². The van der Waals surface area contributed by atoms with Crippen LogP contribution in [0.15, 0.2) is 47.4 Å². The molecule has 1 aromatic heterocycles. The molecule has 1 aromatic carbocycles. The number of halogens is 1. The smallest absolute Gasteiger partial charge is 0.253 e. The first-order chi connectivity index (χ1) is 13.4. The molecule has 0 spiro atoms. The monoisotopic (exact) mass is 402 g/mol. The lowest BCUT2D eigenvalue weighted by molar-refractivity contribution is -0.129. The van der Waals surface area contributed by atoms with E-state index in [0.717, 1.165) is 6.54 Å². The van der Waals surface area contributed by atoms with E-state index in [-0.39, 0.29) is 35.9 Å². The summed E-state index contributed by atoms with van der Waals surface area (Å²) in [7, 11) is 0. The van der Waals surface area contributed by atoms with Crippen LogP contribution < -0.4 is 21.5 Å². The second-order valence-electron chi connectivity index (χ2n) is 6.92. The van der Waals surface area contributed by atoms with Crippen molar-refractivity contribution in [1.29, 1.82) is 0 Å². The summed E-state index contributed by atoms with van der Waals surface area (Å²) in [6.45, 7) is 2.37. The van der Waals surface area contributed by atoms with E-state index < -0.39 is 6.04 Å². The molecule has 148 valence electrons. The van der Waals surface area contributed by atoms with Gasteiger partial charge in [-0.3, -0.25) is 14.4 Å². The summed E-state index contributed by atoms with van der Waals surface area (Å²) < 4.78 is 0. The van der Waals surface area contributed by atoms with Crippen molar-refractivity contribution in [1.82, 2.24) is 20.9 Å². The number of aromatic nitrogens is 1. The van der Waals surface area contributed by atoms with E-state index in [9.17, 15) is 14.4 Å². The lowest BCUT2D eigenvalue weighted by Crippen LogP contribution is -2.50. The maximum absolute atomic E-state index is 12.5. The van der Waals surface area contributed by atoms with Crippen LogP contribution in [0.5, 0.6) is 0 Å². The van der Waals surface area contributed by atoms with Crippen molar-refractivity contribution in [2.45, 2.75) is 37.9 Å². The molecule has 4 N–H and O–H groups in total. The lowest BCUT2D eigenvalue weighted by atomic mass is 9.96. The molecule has 3 rings (SSSR count). The Bertz CT molecular complexity index is 900. The fourth-order valence-electron chi connectivity index (χ4n) is 3.26. The Hall–Kier alpha value is -2.64. The van der Waals surface area contributed by atoms with E-state index in [1.54, 1.807) is 6.92 Å². The first-order valence-corrected chi connectivity index (χ1v) is 9.55. The van der Waals surface area contributed by atoms with Gasteiger partial charge in [0.1, 0.15) is 6.04 Å². The van der Waals surface area contributed by atoms with Crippen molar-refractivity contribution in [3.8, 4) is 0 Å². The number of nitrogens with one attached hydrogen (secondary N) is 4. The maximum Gasteiger partial charge on any atom is 0.253 e. The van der Waals surface area contributed by atoms with Gasteiger partial charge in [0, 0.05) is 24.8 Å². The summed E-state index contributed by atoms with van der Waals surface area (Å²) in [6, 6.07) is 10.5. The van der Waals surface area contributed by atoms with Crippen molar-refractivity contribution in [2.75, 3.05) is 6.54 Å². The fourth-order valence-corrected chi connectivity index (χ4v) is 3.45. The first-order valence-electron chi connectivity index (χ1n) is 9.17. The zero-order valence-electron chi connectivity index (χ0n) is 15.5. The van der Waals surface area contributed by atoms with E-state index in [1.165, 1.54) is 17.8 Å². The van der Waals surface area contributed by atoms with Crippen LogP contribution in [-0.4, -0.2) is 35.4 Å². The first kappa shape index (κ1) is 20.1. The van der Waals surface area contributed by atoms with Gasteiger partial charge in [-0.05, 0) is 30.9 Å². The van der Waals surface area contributed by atoms with Gasteiger partial charge in [0.2, 0.25) is 11.8 Å². The van der Waals surface area contributed by atoms with Crippen LogP contribution in [0.3, 0.4) is 0 Å². The average Bonchev–Trinajstić information content (AvgIpc) is 3.19. The number of aromatic amines is 1. The highest BCUT2D eigenvalue weighted by molar-refractivity contribution is 6.30. The highest BCUT2D eigenvalue weighted by atomic mass is 35.5. The number of hydrogen-bond acceptors (Lipinski definition) is 4. The van der Waals surface area contributed by atoms with Crippen LogP contribution in [0.25, 0.3) is 0 Å². The van der Waals surface area contributed by atoms with E-state index in [2.05, 4.69) is 33.1 Å². The van der Waals surface area contributed by atoms with Crippen LogP contribution in [0.2, 0.25) is 5.02 Å². The van der Waals surface area contributed by atoms with Crippen LogP contribution in [0.1, 0.15) is 30.4 Å². The van der Waals surface area contributed by atoms with Crippen molar-refractivity contribution in [2.24, 2.45) is 0 Å². The molecule has 3 atom stereocenters. The molecule has 8 heteroatoms. The van der Waals surface area contributed by atoms with E-state index >= 15 is 0 Å². The molecule has 0 bridgehead atoms. The molecule has 7 nitrogen and oxygen atoms in total. The number of H-pyrrole nitrogens is 1. The Balaban J connectivity index is 1.49. The quantitative estimate of drug-likeness (QED) is 0.584. The second-order valence-corrected chi connectivity index (χ2v) is 7.36. The minimum Gasteiger partial charge on any atom is -0.350 e. The van der Waals surface area contributed by atoms with Gasteiger partial charge in [-0.25, -0.2) is 0 Å². The number of carbonyl (C=O) groups is 2. The standard InChI is InChI=1S/C20H23ClN4O3/c1-12(18(26)23-10-15-7-16(21)11-24-19(15)27)25-20(28)17-8-14(9-22-17)13-5-3-2-4-6-13/h2-7,11-12,14,17,22H,8-10H2,1H3,(H,23,26)(H,24,27)(H,25,28)/t12-,14-,17+/m0/s1. The maximum atomic E-state index is 12.5. The number of hydrogen-bond donors (Lipinski definition) is 4. The minimum absolute atomic E-state index is 0.0344. The van der Waals surface area contributed by atoms with Gasteiger partial charge >= 0.3 is 0 Å². The molecule has 1 aliphatic heterocycles. The largest absolute Gasteiger partial charge is 0.350 e. The molecule has 2 amide bonds. The number of rotatable bonds is 6. The second kappa shape index (κ2) is 9.03. The predicted molar refractivity (Wildman–Crippen MR) is 107 cm³/mol. The average molecular weight is 403 g/mol. The van der Waals surface area contributed by atoms with Gasteiger partial charge in [-0.1, -0.05) is 41.9 Å². The third kappa shape index (κ3) is 4.99. The SMILES string of the molecule is C[C@H](NC(=O)[C@H]1C[C@H](c2ccccc2)CN1)C(=O)NCc1cc(Cl)c[nH]c1=O.